The molecule has 0 radical (unpaired) electrons. The van der Waals surface area contributed by atoms with Gasteiger partial charge in [0.1, 0.15) is 5.75 Å². The number of benzene rings is 2. The van der Waals surface area contributed by atoms with Gasteiger partial charge in [-0.25, -0.2) is 4.79 Å². The lowest BCUT2D eigenvalue weighted by Gasteiger charge is -2.34. The van der Waals surface area contributed by atoms with Crippen molar-refractivity contribution in [1.29, 1.82) is 0 Å². The Hall–Kier alpha value is -2.35. The van der Waals surface area contributed by atoms with Gasteiger partial charge in [-0.05, 0) is 36.8 Å². The summed E-state index contributed by atoms with van der Waals surface area (Å²) in [5, 5.41) is 0.450. The summed E-state index contributed by atoms with van der Waals surface area (Å²) in [7, 11) is -4.13. The molecular weight excluding hydrogens is 390 g/mol. The van der Waals surface area contributed by atoms with Crippen molar-refractivity contribution in [2.24, 2.45) is 0 Å². The van der Waals surface area contributed by atoms with Crippen LogP contribution in [0.4, 0.5) is 0 Å². The van der Waals surface area contributed by atoms with Gasteiger partial charge < -0.3 is 8.92 Å². The van der Waals surface area contributed by atoms with E-state index < -0.39 is 28.4 Å². The average Bonchev–Trinajstić information content (AvgIpc) is 3.05. The van der Waals surface area contributed by atoms with Crippen LogP contribution in [0.2, 0.25) is 5.02 Å². The quantitative estimate of drug-likeness (QED) is 0.730. The summed E-state index contributed by atoms with van der Waals surface area (Å²) in [6.45, 7) is 1.89. The number of nitrogens with zero attached hydrogens (tertiary/aromatic N) is 1. The maximum atomic E-state index is 12.9. The molecule has 2 aromatic carbocycles. The Labute approximate surface area is 162 Å². The second kappa shape index (κ2) is 6.67. The molecule has 0 saturated carbocycles. The molecule has 6 nitrogen and oxygen atoms in total. The van der Waals surface area contributed by atoms with Crippen molar-refractivity contribution in [2.45, 2.75) is 19.0 Å². The van der Waals surface area contributed by atoms with E-state index in [9.17, 15) is 13.2 Å². The second-order valence-electron chi connectivity index (χ2n) is 6.15. The number of esters is 1. The number of hydrogen-bond acceptors (Lipinski definition) is 5. The van der Waals surface area contributed by atoms with Gasteiger partial charge in [-0.15, -0.1) is 4.31 Å². The molecule has 0 fully saturated rings. The van der Waals surface area contributed by atoms with Crippen LogP contribution in [0, 0.1) is 0 Å². The molecule has 4 rings (SSSR count). The molecule has 2 aliphatic heterocycles. The molecule has 0 aliphatic carbocycles. The second-order valence-corrected chi connectivity index (χ2v) is 8.03. The van der Waals surface area contributed by atoms with Gasteiger partial charge in [0.2, 0.25) is 0 Å². The van der Waals surface area contributed by atoms with Crippen LogP contribution in [-0.4, -0.2) is 25.3 Å². The number of ether oxygens (including phenoxy) is 1. The highest BCUT2D eigenvalue weighted by Gasteiger charge is 2.51. The minimum atomic E-state index is -4.13. The van der Waals surface area contributed by atoms with E-state index in [1.54, 1.807) is 49.4 Å². The van der Waals surface area contributed by atoms with Gasteiger partial charge in [0.25, 0.3) is 0 Å². The normalized spacial score (nSPS) is 23.0. The molecule has 0 N–H and O–H groups in total. The predicted molar refractivity (Wildman–Crippen MR) is 99.5 cm³/mol. The van der Waals surface area contributed by atoms with E-state index in [0.717, 1.165) is 0 Å². The van der Waals surface area contributed by atoms with Crippen LogP contribution < -0.4 is 4.18 Å². The SMILES string of the molecule is CCOC(=O)C1=CC2c3cc(Cl)ccc3OS(=O)(=O)N2C1c1ccccc1. The van der Waals surface area contributed by atoms with E-state index in [1.807, 2.05) is 6.07 Å². The topological polar surface area (TPSA) is 72.9 Å². The lowest BCUT2D eigenvalue weighted by Crippen LogP contribution is -2.41. The number of fused-ring (bicyclic) bond motifs is 3. The summed E-state index contributed by atoms with van der Waals surface area (Å²) in [5.41, 5.74) is 1.49. The molecule has 27 heavy (non-hydrogen) atoms. The first-order valence-electron chi connectivity index (χ1n) is 8.38. The van der Waals surface area contributed by atoms with E-state index in [2.05, 4.69) is 0 Å². The Balaban J connectivity index is 1.92. The lowest BCUT2D eigenvalue weighted by atomic mass is 10.0. The third kappa shape index (κ3) is 3.01. The van der Waals surface area contributed by atoms with Crippen molar-refractivity contribution in [3.8, 4) is 5.75 Å². The summed E-state index contributed by atoms with van der Waals surface area (Å²) < 4.78 is 37.4. The highest BCUT2D eigenvalue weighted by molar-refractivity contribution is 7.84. The summed E-state index contributed by atoms with van der Waals surface area (Å²) in [5.74, 6) is -0.353. The summed E-state index contributed by atoms with van der Waals surface area (Å²) in [6.07, 6.45) is 1.62. The first-order chi connectivity index (χ1) is 12.9. The van der Waals surface area contributed by atoms with Gasteiger partial charge in [0.05, 0.1) is 24.3 Å². The first-order valence-corrected chi connectivity index (χ1v) is 10.1. The third-order valence-corrected chi connectivity index (χ3v) is 6.11. The number of hydrogen-bond donors (Lipinski definition) is 0. The zero-order valence-corrected chi connectivity index (χ0v) is 15.9. The smallest absolute Gasteiger partial charge is 0.386 e. The minimum absolute atomic E-state index is 0.189. The van der Waals surface area contributed by atoms with E-state index >= 15 is 0 Å². The van der Waals surface area contributed by atoms with E-state index in [-0.39, 0.29) is 17.9 Å². The molecule has 2 unspecified atom stereocenters. The molecular formula is C19H16ClNO5S. The number of carbonyl (C=O) groups is 1. The van der Waals surface area contributed by atoms with E-state index in [4.69, 9.17) is 20.5 Å². The van der Waals surface area contributed by atoms with Crippen LogP contribution in [0.15, 0.2) is 60.2 Å². The maximum Gasteiger partial charge on any atom is 0.386 e. The minimum Gasteiger partial charge on any atom is -0.463 e. The van der Waals surface area contributed by atoms with Gasteiger partial charge >= 0.3 is 16.3 Å². The average molecular weight is 406 g/mol. The fourth-order valence-corrected chi connectivity index (χ4v) is 5.06. The molecule has 0 spiro atoms. The molecule has 2 aliphatic rings. The summed E-state index contributed by atoms with van der Waals surface area (Å²) >= 11 is 6.10. The molecule has 140 valence electrons. The third-order valence-electron chi connectivity index (χ3n) is 4.53. The number of rotatable bonds is 3. The zero-order valence-electron chi connectivity index (χ0n) is 14.3. The van der Waals surface area contributed by atoms with Crippen molar-refractivity contribution in [1.82, 2.24) is 4.31 Å². The highest BCUT2D eigenvalue weighted by atomic mass is 35.5. The monoisotopic (exact) mass is 405 g/mol. The largest absolute Gasteiger partial charge is 0.463 e. The molecule has 0 aromatic heterocycles. The highest BCUT2D eigenvalue weighted by Crippen LogP contribution is 2.51. The summed E-state index contributed by atoms with van der Waals surface area (Å²) in [6, 6.07) is 12.1. The van der Waals surface area contributed by atoms with Crippen LogP contribution in [0.25, 0.3) is 0 Å². The Morgan fingerprint density at radius 1 is 1.22 bits per heavy atom. The fourth-order valence-electron chi connectivity index (χ4n) is 3.47. The zero-order chi connectivity index (χ0) is 19.2. The van der Waals surface area contributed by atoms with Crippen LogP contribution in [0.1, 0.15) is 30.1 Å². The number of carbonyl (C=O) groups excluding carboxylic acids is 1. The van der Waals surface area contributed by atoms with Gasteiger partial charge in [0.15, 0.2) is 0 Å². The van der Waals surface area contributed by atoms with Crippen LogP contribution in [0.5, 0.6) is 5.75 Å². The Morgan fingerprint density at radius 3 is 2.67 bits per heavy atom. The van der Waals surface area contributed by atoms with E-state index in [1.165, 1.54) is 10.4 Å². The molecule has 2 aromatic rings. The molecule has 2 atom stereocenters. The standard InChI is InChI=1S/C19H16ClNO5S/c1-2-25-19(22)15-11-16-14-10-13(20)8-9-17(14)26-27(23,24)21(16)18(15)12-6-4-3-5-7-12/h3-11,16,18H,2H2,1H3. The van der Waals surface area contributed by atoms with Crippen LogP contribution in [0.3, 0.4) is 0 Å². The molecule has 8 heteroatoms. The van der Waals surface area contributed by atoms with Gasteiger partial charge in [-0.3, -0.25) is 0 Å². The van der Waals surface area contributed by atoms with Gasteiger partial charge in [-0.1, -0.05) is 41.9 Å². The molecule has 0 amide bonds. The van der Waals surface area contributed by atoms with E-state index in [0.29, 0.717) is 16.1 Å². The summed E-state index contributed by atoms with van der Waals surface area (Å²) in [4.78, 5) is 12.6. The van der Waals surface area contributed by atoms with Crippen molar-refractivity contribution in [2.75, 3.05) is 6.61 Å². The van der Waals surface area contributed by atoms with Gasteiger partial charge in [0, 0.05) is 10.6 Å². The molecule has 2 heterocycles. The van der Waals surface area contributed by atoms with Crippen LogP contribution in [-0.2, 0) is 19.8 Å². The maximum absolute atomic E-state index is 12.9. The Morgan fingerprint density at radius 2 is 1.96 bits per heavy atom. The fraction of sp³-hybridized carbons (Fsp3) is 0.211. The van der Waals surface area contributed by atoms with Crippen molar-refractivity contribution in [3.63, 3.8) is 0 Å². The van der Waals surface area contributed by atoms with Crippen molar-refractivity contribution < 1.29 is 22.1 Å². The lowest BCUT2D eigenvalue weighted by molar-refractivity contribution is -0.138. The van der Waals surface area contributed by atoms with Crippen LogP contribution >= 0.6 is 11.6 Å². The number of halogens is 1. The first kappa shape index (κ1) is 18.0. The molecule has 0 bridgehead atoms. The predicted octanol–water partition coefficient (Wildman–Crippen LogP) is 3.56. The van der Waals surface area contributed by atoms with Gasteiger partial charge in [-0.2, -0.15) is 8.42 Å². The Kier molecular flexibility index (Phi) is 4.46. The Bertz CT molecular complexity index is 1040. The van der Waals surface area contributed by atoms with Crippen molar-refractivity contribution in [3.05, 3.63) is 76.3 Å². The van der Waals surface area contributed by atoms with Crippen molar-refractivity contribution >= 4 is 27.9 Å². The molecule has 0 saturated heterocycles.